The van der Waals surface area contributed by atoms with E-state index in [0.717, 1.165) is 43.0 Å². The van der Waals surface area contributed by atoms with Gasteiger partial charge in [-0.05, 0) is 71.4 Å². The third-order valence-corrected chi connectivity index (χ3v) is 4.52. The van der Waals surface area contributed by atoms with E-state index >= 15 is 0 Å². The van der Waals surface area contributed by atoms with Gasteiger partial charge in [-0.1, -0.05) is 6.07 Å². The fourth-order valence-corrected chi connectivity index (χ4v) is 3.02. The smallest absolute Gasteiger partial charge is 0.223 e. The lowest BCUT2D eigenvalue weighted by atomic mass is 9.95. The van der Waals surface area contributed by atoms with Gasteiger partial charge in [-0.2, -0.15) is 0 Å². The highest BCUT2D eigenvalue weighted by molar-refractivity contribution is 5.79. The predicted molar refractivity (Wildman–Crippen MR) is 95.6 cm³/mol. The fraction of sp³-hybridized carbons (Fsp3) is 0.632. The average Bonchev–Trinajstić information content (AvgIpc) is 2.57. The molecule has 0 saturated carbocycles. The number of amides is 1. The van der Waals surface area contributed by atoms with Crippen molar-refractivity contribution in [3.05, 3.63) is 23.8 Å². The van der Waals surface area contributed by atoms with Crippen LogP contribution in [0.5, 0.6) is 11.5 Å². The summed E-state index contributed by atoms with van der Waals surface area (Å²) < 4.78 is 11.3. The summed E-state index contributed by atoms with van der Waals surface area (Å²) >= 11 is 0. The van der Waals surface area contributed by atoms with Crippen LogP contribution < -0.4 is 14.8 Å². The molecule has 0 aliphatic carbocycles. The maximum atomic E-state index is 12.5. The van der Waals surface area contributed by atoms with Crippen molar-refractivity contribution in [1.82, 2.24) is 10.2 Å². The summed E-state index contributed by atoms with van der Waals surface area (Å²) in [6, 6.07) is 5.83. The highest BCUT2D eigenvalue weighted by Crippen LogP contribution is 2.31. The molecule has 1 aliphatic heterocycles. The summed E-state index contributed by atoms with van der Waals surface area (Å²) in [6.45, 7) is 9.08. The molecule has 1 fully saturated rings. The molecule has 0 unspecified atom stereocenters. The van der Waals surface area contributed by atoms with E-state index in [1.54, 1.807) is 0 Å². The molecule has 1 atom stereocenters. The van der Waals surface area contributed by atoms with Crippen LogP contribution in [0.3, 0.4) is 0 Å². The van der Waals surface area contributed by atoms with Crippen LogP contribution in [0.15, 0.2) is 18.2 Å². The van der Waals surface area contributed by atoms with Gasteiger partial charge < -0.3 is 19.7 Å². The van der Waals surface area contributed by atoms with Gasteiger partial charge in [-0.3, -0.25) is 4.79 Å². The maximum absolute atomic E-state index is 12.5. The number of ether oxygens (including phenoxy) is 2. The van der Waals surface area contributed by atoms with Crippen molar-refractivity contribution in [2.24, 2.45) is 5.92 Å². The lowest BCUT2D eigenvalue weighted by molar-refractivity contribution is -0.127. The van der Waals surface area contributed by atoms with Crippen LogP contribution in [0.2, 0.25) is 0 Å². The first kappa shape index (κ1) is 18.6. The molecule has 1 amide bonds. The van der Waals surface area contributed by atoms with Crippen LogP contribution in [0.4, 0.5) is 0 Å². The van der Waals surface area contributed by atoms with Gasteiger partial charge in [0.25, 0.3) is 0 Å². The first-order valence-corrected chi connectivity index (χ1v) is 8.93. The summed E-state index contributed by atoms with van der Waals surface area (Å²) in [7, 11) is 2.10. The van der Waals surface area contributed by atoms with Gasteiger partial charge in [0.2, 0.25) is 5.91 Å². The number of likely N-dealkylation sites (tertiary alicyclic amines) is 1. The lowest BCUT2D eigenvalue weighted by Crippen LogP contribution is -2.39. The zero-order chi connectivity index (χ0) is 17.5. The number of nitrogens with one attached hydrogen (secondary N) is 1. The minimum Gasteiger partial charge on any atom is -0.490 e. The zero-order valence-corrected chi connectivity index (χ0v) is 15.3. The summed E-state index contributed by atoms with van der Waals surface area (Å²) in [5.41, 5.74) is 1.03. The van der Waals surface area contributed by atoms with E-state index in [-0.39, 0.29) is 17.9 Å². The predicted octanol–water partition coefficient (Wildman–Crippen LogP) is 3.00. The van der Waals surface area contributed by atoms with E-state index in [9.17, 15) is 4.79 Å². The van der Waals surface area contributed by atoms with Crippen LogP contribution in [0, 0.1) is 5.92 Å². The molecule has 1 N–H and O–H groups in total. The maximum Gasteiger partial charge on any atom is 0.223 e. The Labute approximate surface area is 145 Å². The molecular weight excluding hydrogens is 304 g/mol. The third-order valence-electron chi connectivity index (χ3n) is 4.52. The highest BCUT2D eigenvalue weighted by atomic mass is 16.5. The van der Waals surface area contributed by atoms with Crippen molar-refractivity contribution in [3.63, 3.8) is 0 Å². The molecule has 24 heavy (non-hydrogen) atoms. The molecule has 134 valence electrons. The number of piperidine rings is 1. The Morgan fingerprint density at radius 1 is 1.21 bits per heavy atom. The molecule has 0 aromatic heterocycles. The van der Waals surface area contributed by atoms with Crippen LogP contribution in [-0.2, 0) is 4.79 Å². The Bertz CT molecular complexity index is 539. The molecule has 1 aromatic carbocycles. The molecule has 2 rings (SSSR count). The van der Waals surface area contributed by atoms with Crippen molar-refractivity contribution in [2.45, 2.75) is 39.7 Å². The van der Waals surface area contributed by atoms with Crippen LogP contribution in [-0.4, -0.2) is 44.2 Å². The lowest BCUT2D eigenvalue weighted by Gasteiger charge is -2.29. The first-order chi connectivity index (χ1) is 11.5. The molecule has 1 saturated heterocycles. The second kappa shape index (κ2) is 8.92. The molecule has 1 aliphatic rings. The van der Waals surface area contributed by atoms with Gasteiger partial charge in [-0.25, -0.2) is 0 Å². The zero-order valence-electron chi connectivity index (χ0n) is 15.3. The van der Waals surface area contributed by atoms with E-state index in [1.165, 1.54) is 0 Å². The summed E-state index contributed by atoms with van der Waals surface area (Å²) in [6.07, 6.45) is 1.87. The summed E-state index contributed by atoms with van der Waals surface area (Å²) in [5.74, 6) is 1.76. The Balaban J connectivity index is 2.01. The number of carbonyl (C=O) groups is 1. The Kier molecular flexibility index (Phi) is 6.91. The molecule has 0 radical (unpaired) electrons. The van der Waals surface area contributed by atoms with Gasteiger partial charge in [-0.15, -0.1) is 0 Å². The number of hydrogen-bond acceptors (Lipinski definition) is 4. The molecule has 0 bridgehead atoms. The normalized spacial score (nSPS) is 17.3. The van der Waals surface area contributed by atoms with Gasteiger partial charge in [0.1, 0.15) is 0 Å². The van der Waals surface area contributed by atoms with E-state index < -0.39 is 0 Å². The molecule has 5 nitrogen and oxygen atoms in total. The Morgan fingerprint density at radius 3 is 2.46 bits per heavy atom. The average molecular weight is 334 g/mol. The van der Waals surface area contributed by atoms with Crippen molar-refractivity contribution in [1.29, 1.82) is 0 Å². The Morgan fingerprint density at radius 2 is 1.83 bits per heavy atom. The summed E-state index contributed by atoms with van der Waals surface area (Å²) in [4.78, 5) is 14.8. The standard InChI is InChI=1S/C19H30N2O3/c1-5-23-17-8-7-16(13-18(17)24-6-2)14(3)20-19(22)15-9-11-21(4)12-10-15/h7-8,13-15H,5-6,9-12H2,1-4H3,(H,20,22)/t14-/m0/s1. The SMILES string of the molecule is CCOc1ccc([C@H](C)NC(=O)C2CCN(C)CC2)cc1OCC. The molecule has 1 heterocycles. The second-order valence-electron chi connectivity index (χ2n) is 6.38. The van der Waals surface area contributed by atoms with Crippen LogP contribution in [0.25, 0.3) is 0 Å². The van der Waals surface area contributed by atoms with Gasteiger partial charge in [0.15, 0.2) is 11.5 Å². The fourth-order valence-electron chi connectivity index (χ4n) is 3.02. The second-order valence-corrected chi connectivity index (χ2v) is 6.38. The van der Waals surface area contributed by atoms with E-state index in [0.29, 0.717) is 13.2 Å². The van der Waals surface area contributed by atoms with Crippen LogP contribution in [0.1, 0.15) is 45.2 Å². The number of hydrogen-bond donors (Lipinski definition) is 1. The van der Waals surface area contributed by atoms with E-state index in [4.69, 9.17) is 9.47 Å². The van der Waals surface area contributed by atoms with Gasteiger partial charge in [0.05, 0.1) is 19.3 Å². The highest BCUT2D eigenvalue weighted by Gasteiger charge is 2.24. The number of carbonyl (C=O) groups excluding carboxylic acids is 1. The molecular formula is C19H30N2O3. The monoisotopic (exact) mass is 334 g/mol. The minimum absolute atomic E-state index is 0.0490. The number of nitrogens with zero attached hydrogens (tertiary/aromatic N) is 1. The van der Waals surface area contributed by atoms with Gasteiger partial charge in [0, 0.05) is 5.92 Å². The topological polar surface area (TPSA) is 50.8 Å². The van der Waals surface area contributed by atoms with E-state index in [1.807, 2.05) is 39.0 Å². The Hall–Kier alpha value is -1.75. The molecule has 5 heteroatoms. The molecule has 0 spiro atoms. The minimum atomic E-state index is -0.0490. The first-order valence-electron chi connectivity index (χ1n) is 8.93. The number of benzene rings is 1. The number of rotatable bonds is 7. The van der Waals surface area contributed by atoms with Gasteiger partial charge >= 0.3 is 0 Å². The molecule has 1 aromatic rings. The van der Waals surface area contributed by atoms with Crippen molar-refractivity contribution >= 4 is 5.91 Å². The summed E-state index contributed by atoms with van der Waals surface area (Å²) in [5, 5.41) is 3.15. The third kappa shape index (κ3) is 4.87. The van der Waals surface area contributed by atoms with Crippen LogP contribution >= 0.6 is 0 Å². The van der Waals surface area contributed by atoms with Crippen molar-refractivity contribution in [2.75, 3.05) is 33.4 Å². The van der Waals surface area contributed by atoms with E-state index in [2.05, 4.69) is 17.3 Å². The quantitative estimate of drug-likeness (QED) is 0.833. The largest absolute Gasteiger partial charge is 0.490 e. The van der Waals surface area contributed by atoms with Crippen molar-refractivity contribution < 1.29 is 14.3 Å². The van der Waals surface area contributed by atoms with Crippen molar-refractivity contribution in [3.8, 4) is 11.5 Å².